The van der Waals surface area contributed by atoms with E-state index in [1.165, 1.54) is 24.1 Å². The van der Waals surface area contributed by atoms with Gasteiger partial charge in [-0.05, 0) is 59.0 Å². The number of aromatic nitrogens is 1. The molecule has 106 valence electrons. The Morgan fingerprint density at radius 3 is 2.84 bits per heavy atom. The van der Waals surface area contributed by atoms with Gasteiger partial charge in [0.25, 0.3) is 0 Å². The Bertz CT molecular complexity index is 430. The molecule has 1 aliphatic rings. The molecule has 0 radical (unpaired) electrons. The molecule has 1 aromatic rings. The van der Waals surface area contributed by atoms with E-state index in [1.807, 2.05) is 6.20 Å². The summed E-state index contributed by atoms with van der Waals surface area (Å²) >= 11 is 0. The summed E-state index contributed by atoms with van der Waals surface area (Å²) in [5.74, 6) is 0.522. The third kappa shape index (κ3) is 2.41. The van der Waals surface area contributed by atoms with Crippen molar-refractivity contribution >= 4 is 0 Å². The number of pyridine rings is 1. The summed E-state index contributed by atoms with van der Waals surface area (Å²) in [6, 6.07) is 4.72. The molecule has 3 nitrogen and oxygen atoms in total. The van der Waals surface area contributed by atoms with Crippen molar-refractivity contribution in [1.29, 1.82) is 0 Å². The van der Waals surface area contributed by atoms with Gasteiger partial charge in [-0.2, -0.15) is 0 Å². The maximum Gasteiger partial charge on any atom is 0.0482 e. The van der Waals surface area contributed by atoms with E-state index in [0.29, 0.717) is 12.0 Å². The molecule has 0 saturated heterocycles. The third-order valence-electron chi connectivity index (χ3n) is 5.12. The lowest BCUT2D eigenvalue weighted by molar-refractivity contribution is 0.101. The van der Waals surface area contributed by atoms with Crippen LogP contribution in [0.1, 0.15) is 43.9 Å². The fraction of sp³-hybridized carbons (Fsp3) is 0.688. The Morgan fingerprint density at radius 1 is 1.53 bits per heavy atom. The Kier molecular flexibility index (Phi) is 4.26. The number of fused-ring (bicyclic) bond motifs is 1. The summed E-state index contributed by atoms with van der Waals surface area (Å²) in [5.41, 5.74) is 2.90. The maximum absolute atomic E-state index is 4.66. The van der Waals surface area contributed by atoms with Gasteiger partial charge in [0.1, 0.15) is 0 Å². The van der Waals surface area contributed by atoms with Gasteiger partial charge in [-0.25, -0.2) is 0 Å². The van der Waals surface area contributed by atoms with E-state index < -0.39 is 0 Å². The van der Waals surface area contributed by atoms with E-state index in [0.717, 1.165) is 6.42 Å². The van der Waals surface area contributed by atoms with Crippen LogP contribution in [0.5, 0.6) is 0 Å². The Labute approximate surface area is 117 Å². The minimum Gasteiger partial charge on any atom is -0.315 e. The highest BCUT2D eigenvalue weighted by Gasteiger charge is 2.42. The molecule has 0 aliphatic heterocycles. The number of nitrogens with zero attached hydrogens (tertiary/aromatic N) is 2. The van der Waals surface area contributed by atoms with E-state index in [-0.39, 0.29) is 5.54 Å². The van der Waals surface area contributed by atoms with Crippen LogP contribution in [-0.4, -0.2) is 42.6 Å². The van der Waals surface area contributed by atoms with Gasteiger partial charge in [-0.1, -0.05) is 13.0 Å². The van der Waals surface area contributed by atoms with Gasteiger partial charge >= 0.3 is 0 Å². The second kappa shape index (κ2) is 5.59. The molecule has 1 aromatic heterocycles. The number of likely N-dealkylation sites (N-methyl/N-ethyl adjacent to an activating group) is 2. The first-order valence-electron chi connectivity index (χ1n) is 7.33. The van der Waals surface area contributed by atoms with Crippen LogP contribution in [0.2, 0.25) is 0 Å². The lowest BCUT2D eigenvalue weighted by atomic mass is 9.79. The van der Waals surface area contributed by atoms with Gasteiger partial charge in [0, 0.05) is 29.4 Å². The van der Waals surface area contributed by atoms with Crippen LogP contribution < -0.4 is 5.32 Å². The van der Waals surface area contributed by atoms with Crippen molar-refractivity contribution in [1.82, 2.24) is 15.2 Å². The monoisotopic (exact) mass is 261 g/mol. The lowest BCUT2D eigenvalue weighted by Gasteiger charge is -2.45. The topological polar surface area (TPSA) is 28.2 Å². The van der Waals surface area contributed by atoms with Gasteiger partial charge in [0.15, 0.2) is 0 Å². The van der Waals surface area contributed by atoms with Crippen molar-refractivity contribution in [3.8, 4) is 0 Å². The van der Waals surface area contributed by atoms with Crippen molar-refractivity contribution < 1.29 is 0 Å². The number of aryl methyl sites for hydroxylation is 1. The molecule has 19 heavy (non-hydrogen) atoms. The van der Waals surface area contributed by atoms with Crippen LogP contribution in [0.25, 0.3) is 0 Å². The van der Waals surface area contributed by atoms with E-state index in [2.05, 4.69) is 62.3 Å². The van der Waals surface area contributed by atoms with Crippen LogP contribution >= 0.6 is 0 Å². The number of nitrogens with one attached hydrogen (secondary N) is 1. The van der Waals surface area contributed by atoms with Crippen LogP contribution in [0.3, 0.4) is 0 Å². The molecule has 0 fully saturated rings. The number of hydrogen-bond acceptors (Lipinski definition) is 3. The molecule has 1 heterocycles. The minimum absolute atomic E-state index is 0.151. The zero-order valence-electron chi connectivity index (χ0n) is 12.9. The SMILES string of the molecule is CCC(C)(C(NC)C1CCc2cccnc21)N(C)C. The molecule has 1 aliphatic carbocycles. The predicted octanol–water partition coefficient (Wildman–Crippen LogP) is 2.43. The summed E-state index contributed by atoms with van der Waals surface area (Å²) in [5, 5.41) is 3.58. The molecule has 0 aromatic carbocycles. The maximum atomic E-state index is 4.66. The summed E-state index contributed by atoms with van der Waals surface area (Å²) in [4.78, 5) is 7.01. The first-order valence-corrected chi connectivity index (χ1v) is 7.33. The second-order valence-electron chi connectivity index (χ2n) is 6.06. The Morgan fingerprint density at radius 2 is 2.26 bits per heavy atom. The average Bonchev–Trinajstić information content (AvgIpc) is 2.83. The normalized spacial score (nSPS) is 23.2. The Balaban J connectivity index is 2.34. The summed E-state index contributed by atoms with van der Waals surface area (Å²) in [6.07, 6.45) is 5.44. The smallest absolute Gasteiger partial charge is 0.0482 e. The van der Waals surface area contributed by atoms with Crippen LogP contribution in [0, 0.1) is 0 Å². The van der Waals surface area contributed by atoms with Crippen molar-refractivity contribution in [3.05, 3.63) is 29.6 Å². The molecule has 2 rings (SSSR count). The molecule has 1 N–H and O–H groups in total. The van der Waals surface area contributed by atoms with Crippen molar-refractivity contribution in [2.75, 3.05) is 21.1 Å². The predicted molar refractivity (Wildman–Crippen MR) is 80.5 cm³/mol. The molecular weight excluding hydrogens is 234 g/mol. The standard InChI is InChI=1S/C16H27N3/c1-6-16(2,19(4)5)15(17-3)13-10-9-12-8-7-11-18-14(12)13/h7-8,11,13,15,17H,6,9-10H2,1-5H3. The minimum atomic E-state index is 0.151. The summed E-state index contributed by atoms with van der Waals surface area (Å²) < 4.78 is 0. The van der Waals surface area contributed by atoms with Crippen molar-refractivity contribution in [2.45, 2.75) is 50.6 Å². The zero-order valence-corrected chi connectivity index (χ0v) is 12.9. The fourth-order valence-corrected chi connectivity index (χ4v) is 3.53. The second-order valence-corrected chi connectivity index (χ2v) is 6.06. The molecule has 3 unspecified atom stereocenters. The zero-order chi connectivity index (χ0) is 14.0. The van der Waals surface area contributed by atoms with Crippen LogP contribution in [0.4, 0.5) is 0 Å². The number of hydrogen-bond donors (Lipinski definition) is 1. The molecule has 0 saturated carbocycles. The van der Waals surface area contributed by atoms with Gasteiger partial charge in [-0.3, -0.25) is 4.98 Å². The highest BCUT2D eigenvalue weighted by atomic mass is 15.2. The molecule has 3 atom stereocenters. The van der Waals surface area contributed by atoms with E-state index in [9.17, 15) is 0 Å². The van der Waals surface area contributed by atoms with E-state index >= 15 is 0 Å². The molecule has 3 heteroatoms. The fourth-order valence-electron chi connectivity index (χ4n) is 3.53. The Hall–Kier alpha value is -0.930. The lowest BCUT2D eigenvalue weighted by Crippen LogP contribution is -2.58. The van der Waals surface area contributed by atoms with Crippen molar-refractivity contribution in [3.63, 3.8) is 0 Å². The summed E-state index contributed by atoms with van der Waals surface area (Å²) in [7, 11) is 6.45. The summed E-state index contributed by atoms with van der Waals surface area (Å²) in [6.45, 7) is 4.63. The van der Waals surface area contributed by atoms with E-state index in [4.69, 9.17) is 0 Å². The molecule has 0 bridgehead atoms. The van der Waals surface area contributed by atoms with Crippen LogP contribution in [-0.2, 0) is 6.42 Å². The average molecular weight is 261 g/mol. The van der Waals surface area contributed by atoms with Gasteiger partial charge in [-0.15, -0.1) is 0 Å². The highest BCUT2D eigenvalue weighted by Crippen LogP contribution is 2.39. The van der Waals surface area contributed by atoms with Gasteiger partial charge in [0.2, 0.25) is 0 Å². The van der Waals surface area contributed by atoms with Gasteiger partial charge in [0.05, 0.1) is 0 Å². The molecule has 0 spiro atoms. The highest BCUT2D eigenvalue weighted by molar-refractivity contribution is 5.31. The molecule has 0 amide bonds. The van der Waals surface area contributed by atoms with Crippen LogP contribution in [0.15, 0.2) is 18.3 Å². The third-order valence-corrected chi connectivity index (χ3v) is 5.12. The quantitative estimate of drug-likeness (QED) is 0.882. The first-order chi connectivity index (χ1) is 9.04. The number of rotatable bonds is 5. The van der Waals surface area contributed by atoms with Crippen molar-refractivity contribution in [2.24, 2.45) is 0 Å². The molecular formula is C16H27N3. The first kappa shape index (κ1) is 14.5. The van der Waals surface area contributed by atoms with Gasteiger partial charge < -0.3 is 10.2 Å². The van der Waals surface area contributed by atoms with E-state index in [1.54, 1.807) is 0 Å². The largest absolute Gasteiger partial charge is 0.315 e.